The normalized spacial score (nSPS) is 12.7. The molecule has 0 bridgehead atoms. The van der Waals surface area contributed by atoms with Gasteiger partial charge in [0.15, 0.2) is 0 Å². The van der Waals surface area contributed by atoms with Crippen molar-refractivity contribution in [3.05, 3.63) is 55.4 Å². The highest BCUT2D eigenvalue weighted by molar-refractivity contribution is 9.10. The molecule has 0 fully saturated rings. The molecule has 0 saturated carbocycles. The molecule has 1 nitrogen and oxygen atoms in total. The topological polar surface area (TPSA) is 12.0 Å². The zero-order valence-electron chi connectivity index (χ0n) is 9.71. The van der Waals surface area contributed by atoms with Crippen LogP contribution in [-0.4, -0.2) is 6.54 Å². The standard InChI is InChI=1S/C13H12BrClFNS/c1-2-17-12(13-10(14)5-6-18-13)9-7-8(16)3-4-11(9)15/h3-7,12,17H,2H2,1H3. The van der Waals surface area contributed by atoms with E-state index in [2.05, 4.69) is 21.2 Å². The third-order valence-electron chi connectivity index (χ3n) is 2.58. The number of nitrogens with one attached hydrogen (secondary N) is 1. The Morgan fingerprint density at radius 3 is 2.83 bits per heavy atom. The highest BCUT2D eigenvalue weighted by Crippen LogP contribution is 2.36. The lowest BCUT2D eigenvalue weighted by atomic mass is 10.1. The Labute approximate surface area is 123 Å². The monoisotopic (exact) mass is 347 g/mol. The Balaban J connectivity index is 2.48. The molecule has 1 N–H and O–H groups in total. The van der Waals surface area contributed by atoms with Crippen LogP contribution in [0, 0.1) is 5.82 Å². The minimum Gasteiger partial charge on any atom is -0.306 e. The largest absolute Gasteiger partial charge is 0.306 e. The number of benzene rings is 1. The van der Waals surface area contributed by atoms with E-state index in [1.807, 2.05) is 18.4 Å². The maximum Gasteiger partial charge on any atom is 0.123 e. The van der Waals surface area contributed by atoms with Crippen LogP contribution in [0.3, 0.4) is 0 Å². The maximum absolute atomic E-state index is 13.4. The van der Waals surface area contributed by atoms with E-state index in [4.69, 9.17) is 11.6 Å². The number of thiophene rings is 1. The molecular formula is C13H12BrClFNS. The van der Waals surface area contributed by atoms with Gasteiger partial charge in [-0.05, 0) is 57.7 Å². The first kappa shape index (κ1) is 14.0. The van der Waals surface area contributed by atoms with Gasteiger partial charge in [0.25, 0.3) is 0 Å². The van der Waals surface area contributed by atoms with Crippen LogP contribution in [0.4, 0.5) is 4.39 Å². The van der Waals surface area contributed by atoms with Crippen molar-refractivity contribution < 1.29 is 4.39 Å². The van der Waals surface area contributed by atoms with E-state index < -0.39 is 0 Å². The second-order valence-corrected chi connectivity index (χ2v) is 6.00. The molecule has 0 amide bonds. The maximum atomic E-state index is 13.4. The van der Waals surface area contributed by atoms with Crippen molar-refractivity contribution in [1.29, 1.82) is 0 Å². The summed E-state index contributed by atoms with van der Waals surface area (Å²) in [7, 11) is 0. The molecule has 1 heterocycles. The molecule has 1 atom stereocenters. The van der Waals surface area contributed by atoms with Gasteiger partial charge in [0.05, 0.1) is 6.04 Å². The molecule has 1 unspecified atom stereocenters. The van der Waals surface area contributed by atoms with E-state index in [1.165, 1.54) is 12.1 Å². The predicted octanol–water partition coefficient (Wildman–Crippen LogP) is 5.00. The average Bonchev–Trinajstić information content (AvgIpc) is 2.76. The van der Waals surface area contributed by atoms with E-state index in [-0.39, 0.29) is 11.9 Å². The van der Waals surface area contributed by atoms with Crippen LogP contribution in [0.1, 0.15) is 23.4 Å². The van der Waals surface area contributed by atoms with Crippen LogP contribution in [0.15, 0.2) is 34.1 Å². The fourth-order valence-corrected chi connectivity index (χ4v) is 3.72. The number of rotatable bonds is 4. The van der Waals surface area contributed by atoms with Gasteiger partial charge in [0.2, 0.25) is 0 Å². The molecule has 96 valence electrons. The van der Waals surface area contributed by atoms with Crippen LogP contribution in [0.2, 0.25) is 5.02 Å². The zero-order valence-corrected chi connectivity index (χ0v) is 12.9. The van der Waals surface area contributed by atoms with Gasteiger partial charge in [-0.1, -0.05) is 18.5 Å². The number of hydrogen-bond acceptors (Lipinski definition) is 2. The molecule has 0 radical (unpaired) electrons. The molecule has 0 aliphatic rings. The summed E-state index contributed by atoms with van der Waals surface area (Å²) in [5, 5.41) is 5.91. The molecule has 0 aliphatic heterocycles. The smallest absolute Gasteiger partial charge is 0.123 e. The van der Waals surface area contributed by atoms with Crippen LogP contribution in [-0.2, 0) is 0 Å². The van der Waals surface area contributed by atoms with Crippen LogP contribution >= 0.6 is 38.9 Å². The van der Waals surface area contributed by atoms with Gasteiger partial charge < -0.3 is 5.32 Å². The Bertz CT molecular complexity index is 544. The lowest BCUT2D eigenvalue weighted by molar-refractivity contribution is 0.606. The quantitative estimate of drug-likeness (QED) is 0.819. The van der Waals surface area contributed by atoms with E-state index in [9.17, 15) is 4.39 Å². The summed E-state index contributed by atoms with van der Waals surface area (Å²) in [5.41, 5.74) is 0.765. The van der Waals surface area contributed by atoms with Crippen molar-refractivity contribution in [2.45, 2.75) is 13.0 Å². The molecule has 0 spiro atoms. The van der Waals surface area contributed by atoms with E-state index in [0.29, 0.717) is 5.02 Å². The van der Waals surface area contributed by atoms with Crippen molar-refractivity contribution >= 4 is 38.9 Å². The number of halogens is 3. The lowest BCUT2D eigenvalue weighted by Crippen LogP contribution is -2.21. The number of hydrogen-bond donors (Lipinski definition) is 1. The second kappa shape index (κ2) is 6.15. The van der Waals surface area contributed by atoms with Gasteiger partial charge in [-0.25, -0.2) is 4.39 Å². The highest BCUT2D eigenvalue weighted by Gasteiger charge is 2.20. The summed E-state index contributed by atoms with van der Waals surface area (Å²) in [6.45, 7) is 2.80. The first-order valence-corrected chi connectivity index (χ1v) is 7.59. The van der Waals surface area contributed by atoms with Gasteiger partial charge in [-0.2, -0.15) is 0 Å². The van der Waals surface area contributed by atoms with Crippen molar-refractivity contribution in [3.8, 4) is 0 Å². The predicted molar refractivity (Wildman–Crippen MR) is 78.9 cm³/mol. The van der Waals surface area contributed by atoms with Gasteiger partial charge in [-0.3, -0.25) is 0 Å². The first-order valence-electron chi connectivity index (χ1n) is 5.54. The van der Waals surface area contributed by atoms with E-state index >= 15 is 0 Å². The van der Waals surface area contributed by atoms with Crippen molar-refractivity contribution in [1.82, 2.24) is 5.32 Å². The third kappa shape index (κ3) is 2.94. The van der Waals surface area contributed by atoms with E-state index in [0.717, 1.165) is 21.5 Å². The molecule has 1 aromatic carbocycles. The highest BCUT2D eigenvalue weighted by atomic mass is 79.9. The van der Waals surface area contributed by atoms with Crippen LogP contribution < -0.4 is 5.32 Å². The molecule has 2 rings (SSSR count). The Morgan fingerprint density at radius 1 is 1.44 bits per heavy atom. The fourth-order valence-electron chi connectivity index (χ4n) is 1.80. The molecular weight excluding hydrogens is 337 g/mol. The summed E-state index contributed by atoms with van der Waals surface area (Å²) in [5.74, 6) is -0.273. The Morgan fingerprint density at radius 2 is 2.22 bits per heavy atom. The Hall–Kier alpha value is -0.420. The van der Waals surface area contributed by atoms with Crippen molar-refractivity contribution in [2.75, 3.05) is 6.54 Å². The van der Waals surface area contributed by atoms with E-state index in [1.54, 1.807) is 17.4 Å². The summed E-state index contributed by atoms with van der Waals surface area (Å²) < 4.78 is 14.4. The Kier molecular flexibility index (Phi) is 4.78. The summed E-state index contributed by atoms with van der Waals surface area (Å²) in [6.07, 6.45) is 0. The molecule has 2 aromatic rings. The molecule has 0 saturated heterocycles. The van der Waals surface area contributed by atoms with Gasteiger partial charge in [0, 0.05) is 14.4 Å². The zero-order chi connectivity index (χ0) is 13.1. The van der Waals surface area contributed by atoms with Crippen molar-refractivity contribution in [3.63, 3.8) is 0 Å². The lowest BCUT2D eigenvalue weighted by Gasteiger charge is -2.19. The molecule has 18 heavy (non-hydrogen) atoms. The van der Waals surface area contributed by atoms with Crippen LogP contribution in [0.25, 0.3) is 0 Å². The second-order valence-electron chi connectivity index (χ2n) is 3.79. The SMILES string of the molecule is CCNC(c1cc(F)ccc1Cl)c1sccc1Br. The van der Waals surface area contributed by atoms with Crippen LogP contribution in [0.5, 0.6) is 0 Å². The summed E-state index contributed by atoms with van der Waals surface area (Å²) in [4.78, 5) is 1.10. The average molecular weight is 349 g/mol. The minimum atomic E-state index is -0.273. The van der Waals surface area contributed by atoms with Gasteiger partial charge >= 0.3 is 0 Å². The first-order chi connectivity index (χ1) is 8.63. The van der Waals surface area contributed by atoms with Gasteiger partial charge in [-0.15, -0.1) is 11.3 Å². The van der Waals surface area contributed by atoms with Crippen molar-refractivity contribution in [2.24, 2.45) is 0 Å². The molecule has 1 aromatic heterocycles. The fraction of sp³-hybridized carbons (Fsp3) is 0.231. The minimum absolute atomic E-state index is 0.0902. The molecule has 5 heteroatoms. The summed E-state index contributed by atoms with van der Waals surface area (Å²) in [6, 6.07) is 6.35. The summed E-state index contributed by atoms with van der Waals surface area (Å²) >= 11 is 11.3. The molecule has 0 aliphatic carbocycles. The van der Waals surface area contributed by atoms with Gasteiger partial charge in [0.1, 0.15) is 5.82 Å². The third-order valence-corrected chi connectivity index (χ3v) is 4.86.